The highest BCUT2D eigenvalue weighted by molar-refractivity contribution is 6.31. The highest BCUT2D eigenvalue weighted by Gasteiger charge is 2.32. The van der Waals surface area contributed by atoms with E-state index in [0.29, 0.717) is 35.5 Å². The lowest BCUT2D eigenvalue weighted by atomic mass is 9.92. The Hall–Kier alpha value is -2.71. The van der Waals surface area contributed by atoms with Crippen LogP contribution in [0.15, 0.2) is 18.2 Å². The van der Waals surface area contributed by atoms with Crippen molar-refractivity contribution in [3.8, 4) is 5.75 Å². The van der Waals surface area contributed by atoms with Crippen LogP contribution in [0.1, 0.15) is 58.7 Å². The van der Waals surface area contributed by atoms with Crippen LogP contribution in [-0.2, 0) is 13.1 Å². The molecule has 180 valence electrons. The van der Waals surface area contributed by atoms with Gasteiger partial charge in [0.25, 0.3) is 5.91 Å². The Balaban J connectivity index is 1.36. The van der Waals surface area contributed by atoms with Gasteiger partial charge >= 0.3 is 0 Å². The number of hydrogen-bond acceptors (Lipinski definition) is 5. The van der Waals surface area contributed by atoms with Crippen LogP contribution in [0, 0.1) is 19.7 Å². The zero-order chi connectivity index (χ0) is 24.1. The Morgan fingerprint density at radius 2 is 1.91 bits per heavy atom. The number of fused-ring (bicyclic) bond motifs is 3. The van der Waals surface area contributed by atoms with Crippen molar-refractivity contribution in [3.63, 3.8) is 0 Å². The molecule has 1 aliphatic heterocycles. The summed E-state index contributed by atoms with van der Waals surface area (Å²) in [4.78, 5) is 22.1. The molecule has 0 N–H and O–H groups in total. The van der Waals surface area contributed by atoms with Gasteiger partial charge in [0.2, 0.25) is 0 Å². The van der Waals surface area contributed by atoms with Gasteiger partial charge in [-0.2, -0.15) is 5.10 Å². The number of hydrogen-bond donors (Lipinski definition) is 0. The Morgan fingerprint density at radius 1 is 1.18 bits per heavy atom. The van der Waals surface area contributed by atoms with Crippen molar-refractivity contribution in [2.24, 2.45) is 0 Å². The van der Waals surface area contributed by atoms with Crippen molar-refractivity contribution in [2.75, 3.05) is 14.1 Å². The summed E-state index contributed by atoms with van der Waals surface area (Å²) in [6, 6.07) is 4.70. The largest absolute Gasteiger partial charge is 0.489 e. The zero-order valence-electron chi connectivity index (χ0n) is 19.9. The zero-order valence-corrected chi connectivity index (χ0v) is 20.7. The van der Waals surface area contributed by atoms with E-state index in [2.05, 4.69) is 29.1 Å². The third-order valence-corrected chi connectivity index (χ3v) is 7.63. The van der Waals surface area contributed by atoms with Crippen LogP contribution in [0.5, 0.6) is 5.75 Å². The normalized spacial score (nSPS) is 20.3. The number of amides is 1. The number of rotatable bonds is 4. The number of carbonyl (C=O) groups is 1. The summed E-state index contributed by atoms with van der Waals surface area (Å²) in [6.45, 7) is 4.51. The van der Waals surface area contributed by atoms with Crippen LogP contribution >= 0.6 is 11.6 Å². The van der Waals surface area contributed by atoms with Crippen molar-refractivity contribution in [2.45, 2.75) is 64.8 Å². The van der Waals surface area contributed by atoms with Gasteiger partial charge in [0, 0.05) is 17.7 Å². The number of aromatic nitrogens is 3. The molecule has 5 rings (SSSR count). The van der Waals surface area contributed by atoms with Gasteiger partial charge in [-0.3, -0.25) is 4.79 Å². The van der Waals surface area contributed by atoms with Gasteiger partial charge < -0.3 is 14.5 Å². The van der Waals surface area contributed by atoms with E-state index in [4.69, 9.17) is 16.3 Å². The molecule has 7 nitrogen and oxygen atoms in total. The van der Waals surface area contributed by atoms with Crippen molar-refractivity contribution in [3.05, 3.63) is 57.2 Å². The lowest BCUT2D eigenvalue weighted by Gasteiger charge is -2.33. The van der Waals surface area contributed by atoms with E-state index in [1.54, 1.807) is 9.42 Å². The maximum absolute atomic E-state index is 14.1. The van der Waals surface area contributed by atoms with Crippen LogP contribution in [0.25, 0.3) is 5.65 Å². The molecular formula is C25H29ClFN5O2. The molecule has 1 fully saturated rings. The molecule has 1 amide bonds. The summed E-state index contributed by atoms with van der Waals surface area (Å²) in [5, 5.41) is 5.25. The van der Waals surface area contributed by atoms with Gasteiger partial charge in [-0.1, -0.05) is 11.6 Å². The molecule has 9 heteroatoms. The second-order valence-electron chi connectivity index (χ2n) is 9.57. The molecule has 0 unspecified atom stereocenters. The molecular weight excluding hydrogens is 457 g/mol. The van der Waals surface area contributed by atoms with Crippen molar-refractivity contribution in [1.82, 2.24) is 24.4 Å². The molecule has 2 aliphatic rings. The van der Waals surface area contributed by atoms with Gasteiger partial charge in [0.1, 0.15) is 11.6 Å². The fourth-order valence-corrected chi connectivity index (χ4v) is 5.18. The first-order valence-corrected chi connectivity index (χ1v) is 12.1. The second-order valence-corrected chi connectivity index (χ2v) is 9.95. The third-order valence-electron chi connectivity index (χ3n) is 7.08. The maximum atomic E-state index is 14.1. The Bertz CT molecular complexity index is 1270. The number of aryl methyl sites for hydroxylation is 2. The molecule has 34 heavy (non-hydrogen) atoms. The summed E-state index contributed by atoms with van der Waals surface area (Å²) >= 11 is 6.34. The number of nitrogens with zero attached hydrogens (tertiary/aromatic N) is 5. The van der Waals surface area contributed by atoms with Gasteiger partial charge in [0.05, 0.1) is 46.9 Å². The summed E-state index contributed by atoms with van der Waals surface area (Å²) in [5.41, 5.74) is 4.38. The first-order chi connectivity index (χ1) is 16.2. The predicted octanol–water partition coefficient (Wildman–Crippen LogP) is 4.55. The highest BCUT2D eigenvalue weighted by atomic mass is 35.5. The Labute approximate surface area is 203 Å². The summed E-state index contributed by atoms with van der Waals surface area (Å²) in [5.74, 6) is -0.299. The number of benzene rings is 1. The van der Waals surface area contributed by atoms with Crippen LogP contribution in [0.3, 0.4) is 0 Å². The quantitative estimate of drug-likeness (QED) is 0.542. The molecule has 0 atom stereocenters. The Kier molecular flexibility index (Phi) is 5.98. The molecule has 0 radical (unpaired) electrons. The molecule has 3 heterocycles. The third kappa shape index (κ3) is 4.03. The van der Waals surface area contributed by atoms with Gasteiger partial charge in [-0.25, -0.2) is 13.9 Å². The summed E-state index contributed by atoms with van der Waals surface area (Å²) in [7, 11) is 4.18. The molecule has 1 aromatic carbocycles. The minimum Gasteiger partial charge on any atom is -0.489 e. The smallest absolute Gasteiger partial charge is 0.258 e. The maximum Gasteiger partial charge on any atom is 0.258 e. The lowest BCUT2D eigenvalue weighted by Crippen LogP contribution is -2.35. The number of ether oxygens (including phenoxy) is 1. The predicted molar refractivity (Wildman–Crippen MR) is 128 cm³/mol. The van der Waals surface area contributed by atoms with Gasteiger partial charge in [-0.05, 0) is 65.8 Å². The van der Waals surface area contributed by atoms with Crippen LogP contribution in [0.4, 0.5) is 4.39 Å². The Morgan fingerprint density at radius 3 is 2.62 bits per heavy atom. The summed E-state index contributed by atoms with van der Waals surface area (Å²) < 4.78 is 22.1. The topological polar surface area (TPSA) is 63.0 Å². The minimum atomic E-state index is -0.414. The first-order valence-electron chi connectivity index (χ1n) is 11.7. The average molecular weight is 486 g/mol. The van der Waals surface area contributed by atoms with Gasteiger partial charge in [0.15, 0.2) is 5.65 Å². The van der Waals surface area contributed by atoms with E-state index in [1.807, 2.05) is 13.8 Å². The SMILES string of the molecule is Cc1nc2c3c(nn2c(C)c1Cl)CN(C(=O)c1ccc(F)cc1O[C@H]1CC[C@H](N(C)C)CC1)C3. The molecule has 0 bridgehead atoms. The number of halogens is 2. The van der Waals surface area contributed by atoms with Crippen molar-refractivity contribution < 1.29 is 13.9 Å². The van der Waals surface area contributed by atoms with Crippen LogP contribution in [0.2, 0.25) is 5.02 Å². The molecule has 0 saturated heterocycles. The molecule has 1 saturated carbocycles. The van der Waals surface area contributed by atoms with Crippen molar-refractivity contribution in [1.29, 1.82) is 0 Å². The van der Waals surface area contributed by atoms with Crippen LogP contribution in [-0.4, -0.2) is 56.5 Å². The lowest BCUT2D eigenvalue weighted by molar-refractivity contribution is 0.0732. The van der Waals surface area contributed by atoms with E-state index in [1.165, 1.54) is 18.2 Å². The first kappa shape index (κ1) is 23.1. The monoisotopic (exact) mass is 485 g/mol. The van der Waals surface area contributed by atoms with Crippen LogP contribution < -0.4 is 4.74 Å². The van der Waals surface area contributed by atoms with E-state index < -0.39 is 5.82 Å². The van der Waals surface area contributed by atoms with E-state index in [0.717, 1.165) is 54.0 Å². The fourth-order valence-electron chi connectivity index (χ4n) is 5.06. The van der Waals surface area contributed by atoms with Gasteiger partial charge in [-0.15, -0.1) is 0 Å². The van der Waals surface area contributed by atoms with E-state index >= 15 is 0 Å². The van der Waals surface area contributed by atoms with E-state index in [9.17, 15) is 9.18 Å². The van der Waals surface area contributed by atoms with E-state index in [-0.39, 0.29) is 12.0 Å². The molecule has 0 spiro atoms. The number of carbonyl (C=O) groups excluding carboxylic acids is 1. The standard InChI is InChI=1S/C25H29ClFN5O2/c1-14-23(26)15(2)32-24(28-14)20-12-31(13-21(20)29-32)25(33)19-10-5-16(27)11-22(19)34-18-8-6-17(7-9-18)30(3)4/h5,10-11,17-18H,6-9,12-13H2,1-4H3/t17-,18-. The average Bonchev–Trinajstić information content (AvgIpc) is 3.37. The minimum absolute atomic E-state index is 0.0237. The molecule has 3 aromatic rings. The second kappa shape index (κ2) is 8.82. The molecule has 2 aromatic heterocycles. The summed E-state index contributed by atoms with van der Waals surface area (Å²) in [6.07, 6.45) is 3.78. The molecule has 1 aliphatic carbocycles. The fraction of sp³-hybridized carbons (Fsp3) is 0.480. The van der Waals surface area contributed by atoms with Crippen molar-refractivity contribution >= 4 is 23.2 Å². The highest BCUT2D eigenvalue weighted by Crippen LogP contribution is 2.33.